The van der Waals surface area contributed by atoms with Crippen molar-refractivity contribution in [2.24, 2.45) is 0 Å². The van der Waals surface area contributed by atoms with Crippen LogP contribution in [0.3, 0.4) is 0 Å². The van der Waals surface area contributed by atoms with Crippen LogP contribution in [0.5, 0.6) is 5.75 Å². The fraction of sp³-hybridized carbons (Fsp3) is 0.412. The minimum Gasteiger partial charge on any atom is -0.484 e. The average Bonchev–Trinajstić information content (AvgIpc) is 3.15. The fourth-order valence-corrected chi connectivity index (χ4v) is 2.65. The van der Waals surface area contributed by atoms with Gasteiger partial charge in [0.15, 0.2) is 12.4 Å². The molecule has 0 unspecified atom stereocenters. The molecule has 1 atom stereocenters. The number of aromatic nitrogens is 3. The molecular weight excluding hydrogens is 322 g/mol. The summed E-state index contributed by atoms with van der Waals surface area (Å²) < 4.78 is 13.2. The van der Waals surface area contributed by atoms with Gasteiger partial charge in [0, 0.05) is 13.1 Å². The Labute approximate surface area is 145 Å². The van der Waals surface area contributed by atoms with Crippen LogP contribution in [0.25, 0.3) is 0 Å². The number of carbonyl (C=O) groups is 1. The Morgan fingerprint density at radius 2 is 2.24 bits per heavy atom. The first-order valence-electron chi connectivity index (χ1n) is 8.11. The lowest BCUT2D eigenvalue weighted by Crippen LogP contribution is -2.44. The Hall–Kier alpha value is -2.92. The molecule has 3 rings (SSSR count). The van der Waals surface area contributed by atoms with E-state index in [4.69, 9.17) is 14.7 Å². The van der Waals surface area contributed by atoms with E-state index in [9.17, 15) is 4.79 Å². The quantitative estimate of drug-likeness (QED) is 0.810. The van der Waals surface area contributed by atoms with Crippen LogP contribution >= 0.6 is 0 Å². The molecule has 1 amide bonds. The molecule has 1 aromatic carbocycles. The molecule has 8 nitrogen and oxygen atoms in total. The number of hydrogen-bond donors (Lipinski definition) is 0. The van der Waals surface area contributed by atoms with Crippen molar-refractivity contribution in [3.63, 3.8) is 0 Å². The van der Waals surface area contributed by atoms with E-state index < -0.39 is 0 Å². The maximum atomic E-state index is 12.4. The number of amides is 1. The third-order valence-corrected chi connectivity index (χ3v) is 4.04. The molecule has 0 aliphatic carbocycles. The molecule has 25 heavy (non-hydrogen) atoms. The zero-order valence-electron chi connectivity index (χ0n) is 14.0. The summed E-state index contributed by atoms with van der Waals surface area (Å²) in [5.41, 5.74) is 0.551. The average molecular weight is 341 g/mol. The van der Waals surface area contributed by atoms with E-state index >= 15 is 0 Å². The van der Waals surface area contributed by atoms with Crippen LogP contribution in [0.1, 0.15) is 24.4 Å². The van der Waals surface area contributed by atoms with E-state index in [2.05, 4.69) is 10.2 Å². The number of ether oxygens (including phenoxy) is 2. The first-order valence-corrected chi connectivity index (χ1v) is 8.11. The third-order valence-electron chi connectivity index (χ3n) is 4.04. The van der Waals surface area contributed by atoms with Crippen molar-refractivity contribution < 1.29 is 14.3 Å². The molecule has 8 heteroatoms. The van der Waals surface area contributed by atoms with Gasteiger partial charge >= 0.3 is 0 Å². The number of benzene rings is 1. The van der Waals surface area contributed by atoms with E-state index in [1.807, 2.05) is 17.6 Å². The minimum absolute atomic E-state index is 0.0565. The van der Waals surface area contributed by atoms with E-state index in [1.54, 1.807) is 35.5 Å². The molecule has 0 radical (unpaired) electrons. The predicted molar refractivity (Wildman–Crippen MR) is 87.6 cm³/mol. The van der Waals surface area contributed by atoms with Crippen LogP contribution in [0.2, 0.25) is 0 Å². The second kappa shape index (κ2) is 7.77. The van der Waals surface area contributed by atoms with Crippen molar-refractivity contribution >= 4 is 5.91 Å². The molecule has 0 bridgehead atoms. The number of aryl methyl sites for hydroxylation is 1. The van der Waals surface area contributed by atoms with Crippen molar-refractivity contribution in [3.05, 3.63) is 42.0 Å². The summed E-state index contributed by atoms with van der Waals surface area (Å²) in [6.45, 7) is 4.09. The molecule has 1 aliphatic heterocycles. The SMILES string of the molecule is CCn1cnnc1[C@H]1CN(C(=O)COc2ccc(C#N)cc2)CCO1. The minimum atomic E-state index is -0.282. The molecule has 2 heterocycles. The van der Waals surface area contributed by atoms with Gasteiger partial charge in [0.2, 0.25) is 0 Å². The lowest BCUT2D eigenvalue weighted by molar-refractivity contribution is -0.141. The summed E-state index contributed by atoms with van der Waals surface area (Å²) in [5.74, 6) is 1.18. The number of hydrogen-bond acceptors (Lipinski definition) is 6. The summed E-state index contributed by atoms with van der Waals surface area (Å²) in [6, 6.07) is 8.71. The predicted octanol–water partition coefficient (Wildman–Crippen LogP) is 1.15. The Morgan fingerprint density at radius 1 is 1.44 bits per heavy atom. The maximum absolute atomic E-state index is 12.4. The van der Waals surface area contributed by atoms with Gasteiger partial charge < -0.3 is 18.9 Å². The first kappa shape index (κ1) is 16.9. The highest BCUT2D eigenvalue weighted by molar-refractivity contribution is 5.77. The van der Waals surface area contributed by atoms with Gasteiger partial charge in [-0.15, -0.1) is 10.2 Å². The Bertz CT molecular complexity index is 765. The molecule has 0 N–H and O–H groups in total. The van der Waals surface area contributed by atoms with Crippen molar-refractivity contribution in [3.8, 4) is 11.8 Å². The van der Waals surface area contributed by atoms with Gasteiger partial charge in [-0.3, -0.25) is 4.79 Å². The Morgan fingerprint density at radius 3 is 2.96 bits per heavy atom. The van der Waals surface area contributed by atoms with Gasteiger partial charge in [0.05, 0.1) is 24.8 Å². The van der Waals surface area contributed by atoms with Gasteiger partial charge in [-0.05, 0) is 31.2 Å². The molecule has 2 aromatic rings. The van der Waals surface area contributed by atoms with E-state index in [0.717, 1.165) is 12.4 Å². The topological polar surface area (TPSA) is 93.3 Å². The monoisotopic (exact) mass is 341 g/mol. The summed E-state index contributed by atoms with van der Waals surface area (Å²) in [4.78, 5) is 14.1. The second-order valence-electron chi connectivity index (χ2n) is 5.60. The van der Waals surface area contributed by atoms with Crippen LogP contribution in [0.4, 0.5) is 0 Å². The van der Waals surface area contributed by atoms with Crippen LogP contribution < -0.4 is 4.74 Å². The number of nitriles is 1. The van der Waals surface area contributed by atoms with Gasteiger partial charge in [-0.1, -0.05) is 0 Å². The second-order valence-corrected chi connectivity index (χ2v) is 5.60. The molecule has 1 aliphatic rings. The van der Waals surface area contributed by atoms with Crippen LogP contribution in [-0.4, -0.2) is 51.9 Å². The Balaban J connectivity index is 1.57. The summed E-state index contributed by atoms with van der Waals surface area (Å²) in [5, 5.41) is 16.8. The van der Waals surface area contributed by atoms with Crippen molar-refractivity contribution in [1.29, 1.82) is 5.26 Å². The number of carbonyl (C=O) groups excluding carboxylic acids is 1. The highest BCUT2D eigenvalue weighted by atomic mass is 16.5. The largest absolute Gasteiger partial charge is 0.484 e. The van der Waals surface area contributed by atoms with E-state index in [1.165, 1.54) is 0 Å². The van der Waals surface area contributed by atoms with Crippen molar-refractivity contribution in [1.82, 2.24) is 19.7 Å². The standard InChI is InChI=1S/C17H19N5O3/c1-2-21-12-19-20-17(21)15-10-22(7-8-24-15)16(23)11-25-14-5-3-13(9-18)4-6-14/h3-6,12,15H,2,7-8,10-11H2,1H3/t15-/m1/s1. The molecule has 0 spiro atoms. The van der Waals surface area contributed by atoms with Gasteiger partial charge in [0.1, 0.15) is 18.2 Å². The maximum Gasteiger partial charge on any atom is 0.260 e. The van der Waals surface area contributed by atoms with E-state index in [0.29, 0.717) is 31.0 Å². The number of morpholine rings is 1. The van der Waals surface area contributed by atoms with E-state index in [-0.39, 0.29) is 18.6 Å². The van der Waals surface area contributed by atoms with Crippen LogP contribution in [-0.2, 0) is 16.1 Å². The normalized spacial score (nSPS) is 17.1. The van der Waals surface area contributed by atoms with Gasteiger partial charge in [-0.25, -0.2) is 0 Å². The molecule has 130 valence electrons. The first-order chi connectivity index (χ1) is 12.2. The Kier molecular flexibility index (Phi) is 5.26. The smallest absolute Gasteiger partial charge is 0.260 e. The number of rotatable bonds is 5. The van der Waals surface area contributed by atoms with Crippen LogP contribution in [0.15, 0.2) is 30.6 Å². The number of nitrogens with zero attached hydrogens (tertiary/aromatic N) is 5. The lowest BCUT2D eigenvalue weighted by Gasteiger charge is -2.32. The molecular formula is C17H19N5O3. The molecule has 1 aromatic heterocycles. The molecule has 1 fully saturated rings. The van der Waals surface area contributed by atoms with Crippen molar-refractivity contribution in [2.45, 2.75) is 19.6 Å². The van der Waals surface area contributed by atoms with Gasteiger partial charge in [0.25, 0.3) is 5.91 Å². The van der Waals surface area contributed by atoms with Gasteiger partial charge in [-0.2, -0.15) is 5.26 Å². The highest BCUT2D eigenvalue weighted by Gasteiger charge is 2.28. The van der Waals surface area contributed by atoms with Crippen LogP contribution in [0, 0.1) is 11.3 Å². The lowest BCUT2D eigenvalue weighted by atomic mass is 10.2. The highest BCUT2D eigenvalue weighted by Crippen LogP contribution is 2.20. The zero-order chi connectivity index (χ0) is 17.6. The third kappa shape index (κ3) is 3.95. The fourth-order valence-electron chi connectivity index (χ4n) is 2.65. The zero-order valence-corrected chi connectivity index (χ0v) is 14.0. The molecule has 1 saturated heterocycles. The summed E-state index contributed by atoms with van der Waals surface area (Å²) in [6.07, 6.45) is 1.38. The summed E-state index contributed by atoms with van der Waals surface area (Å²) in [7, 11) is 0. The van der Waals surface area contributed by atoms with Crippen molar-refractivity contribution in [2.75, 3.05) is 26.3 Å². The molecule has 0 saturated carbocycles. The summed E-state index contributed by atoms with van der Waals surface area (Å²) >= 11 is 0.